The monoisotopic (exact) mass is 418 g/mol. The van der Waals surface area contributed by atoms with Gasteiger partial charge in [-0.25, -0.2) is 4.85 Å². The van der Waals surface area contributed by atoms with Crippen molar-refractivity contribution in [2.45, 2.75) is 62.4 Å². The summed E-state index contributed by atoms with van der Waals surface area (Å²) in [6, 6.07) is 8.54. The van der Waals surface area contributed by atoms with Gasteiger partial charge in [-0.2, -0.15) is 5.26 Å². The lowest BCUT2D eigenvalue weighted by atomic mass is 10.0. The number of benzene rings is 1. The van der Waals surface area contributed by atoms with Crippen LogP contribution in [0.3, 0.4) is 0 Å². The molecule has 3 heterocycles. The maximum atomic E-state index is 13.1. The standard InChI is InChI=1S/C23H26N6O2/c1-13(14-3-5-16(26-2)6-4-14)28-18-9-21(23(28)31)27(11-18)12-19(25)22(30)29-17(10-24)7-15-8-20(15)29/h3-6,13,15,17-21H,7-9,11-12,25H2,1H3/t13-,15?,17-,18-,19-,20-,21-/m0/s1. The van der Waals surface area contributed by atoms with Crippen LogP contribution in [0.25, 0.3) is 4.85 Å². The number of nitrogens with two attached hydrogens (primary N) is 1. The van der Waals surface area contributed by atoms with Crippen molar-refractivity contribution in [2.75, 3.05) is 13.1 Å². The molecule has 8 heteroatoms. The summed E-state index contributed by atoms with van der Waals surface area (Å²) in [6.07, 6.45) is 2.49. The molecule has 1 aliphatic carbocycles. The Labute approximate surface area is 182 Å². The molecule has 2 bridgehead atoms. The molecule has 3 saturated heterocycles. The summed E-state index contributed by atoms with van der Waals surface area (Å²) in [5.41, 5.74) is 7.88. The lowest BCUT2D eigenvalue weighted by Gasteiger charge is -2.38. The quantitative estimate of drug-likeness (QED) is 0.730. The second-order valence-corrected chi connectivity index (χ2v) is 9.28. The van der Waals surface area contributed by atoms with Crippen molar-refractivity contribution in [2.24, 2.45) is 11.7 Å². The summed E-state index contributed by atoms with van der Waals surface area (Å²) in [7, 11) is 0. The third-order valence-corrected chi connectivity index (χ3v) is 7.49. The van der Waals surface area contributed by atoms with Crippen LogP contribution in [0.2, 0.25) is 0 Å². The Kier molecular flexibility index (Phi) is 4.73. The molecular weight excluding hydrogens is 392 g/mol. The molecule has 8 nitrogen and oxygen atoms in total. The molecule has 3 aliphatic heterocycles. The first-order valence-electron chi connectivity index (χ1n) is 10.9. The van der Waals surface area contributed by atoms with E-state index in [-0.39, 0.29) is 42.0 Å². The fourth-order valence-corrected chi connectivity index (χ4v) is 5.80. The van der Waals surface area contributed by atoms with Gasteiger partial charge in [0.2, 0.25) is 11.8 Å². The number of hydrogen-bond donors (Lipinski definition) is 1. The minimum Gasteiger partial charge on any atom is -0.330 e. The smallest absolute Gasteiger partial charge is 0.242 e. The fraction of sp³-hybridized carbons (Fsp3) is 0.565. The van der Waals surface area contributed by atoms with Crippen LogP contribution in [0.15, 0.2) is 24.3 Å². The van der Waals surface area contributed by atoms with E-state index in [4.69, 9.17) is 12.3 Å². The van der Waals surface area contributed by atoms with Gasteiger partial charge in [0.05, 0.1) is 30.8 Å². The van der Waals surface area contributed by atoms with E-state index >= 15 is 0 Å². The molecule has 2 N–H and O–H groups in total. The topological polar surface area (TPSA) is 98.0 Å². The molecule has 4 aliphatic rings. The fourth-order valence-electron chi connectivity index (χ4n) is 5.80. The molecule has 31 heavy (non-hydrogen) atoms. The van der Waals surface area contributed by atoms with Gasteiger partial charge in [-0.15, -0.1) is 0 Å². The Morgan fingerprint density at radius 2 is 2.06 bits per heavy atom. The van der Waals surface area contributed by atoms with E-state index in [1.165, 1.54) is 0 Å². The minimum absolute atomic E-state index is 0.0625. The summed E-state index contributed by atoms with van der Waals surface area (Å²) in [6.45, 7) is 10.2. The minimum atomic E-state index is -0.714. The van der Waals surface area contributed by atoms with Crippen molar-refractivity contribution in [3.8, 4) is 6.07 Å². The molecule has 7 atom stereocenters. The van der Waals surface area contributed by atoms with Gasteiger partial charge in [0.25, 0.3) is 0 Å². The Bertz CT molecular complexity index is 995. The second kappa shape index (κ2) is 7.33. The van der Waals surface area contributed by atoms with Crippen molar-refractivity contribution in [1.29, 1.82) is 5.26 Å². The molecule has 5 rings (SSSR count). The third kappa shape index (κ3) is 3.18. The number of nitriles is 1. The molecule has 0 radical (unpaired) electrons. The number of nitrogens with zero attached hydrogens (tertiary/aromatic N) is 5. The van der Waals surface area contributed by atoms with Crippen LogP contribution < -0.4 is 5.73 Å². The van der Waals surface area contributed by atoms with Crippen LogP contribution in [-0.2, 0) is 9.59 Å². The number of carbonyl (C=O) groups excluding carboxylic acids is 2. The zero-order valence-electron chi connectivity index (χ0n) is 17.5. The lowest BCUT2D eigenvalue weighted by Crippen LogP contribution is -2.57. The number of carbonyl (C=O) groups is 2. The van der Waals surface area contributed by atoms with Crippen LogP contribution in [0.1, 0.15) is 37.8 Å². The predicted octanol–water partition coefficient (Wildman–Crippen LogP) is 1.42. The highest BCUT2D eigenvalue weighted by atomic mass is 16.2. The summed E-state index contributed by atoms with van der Waals surface area (Å²) >= 11 is 0. The SMILES string of the molecule is [C-]#[N+]c1ccc([C@H](C)N2C(=O)[C@@H]3C[C@H]2CN3C[C@H](N)C(=O)N2[C@H](C#N)CC3C[C@@H]32)cc1. The highest BCUT2D eigenvalue weighted by molar-refractivity contribution is 5.87. The van der Waals surface area contributed by atoms with Crippen molar-refractivity contribution in [1.82, 2.24) is 14.7 Å². The summed E-state index contributed by atoms with van der Waals surface area (Å²) in [5, 5.41) is 9.35. The van der Waals surface area contributed by atoms with E-state index in [2.05, 4.69) is 10.9 Å². The molecule has 1 aromatic carbocycles. The van der Waals surface area contributed by atoms with Gasteiger partial charge in [-0.05, 0) is 37.7 Å². The van der Waals surface area contributed by atoms with E-state index in [0.717, 1.165) is 24.8 Å². The first-order chi connectivity index (χ1) is 14.9. The molecule has 0 spiro atoms. The largest absolute Gasteiger partial charge is 0.330 e. The Hall–Kier alpha value is -2.94. The number of amides is 2. The average molecular weight is 419 g/mol. The van der Waals surface area contributed by atoms with Crippen LogP contribution >= 0.6 is 0 Å². The van der Waals surface area contributed by atoms with Crippen LogP contribution in [0.5, 0.6) is 0 Å². The van der Waals surface area contributed by atoms with Gasteiger partial charge >= 0.3 is 0 Å². The number of piperazine rings is 1. The van der Waals surface area contributed by atoms with Gasteiger partial charge in [0.1, 0.15) is 6.04 Å². The van der Waals surface area contributed by atoms with Crippen LogP contribution in [0, 0.1) is 23.8 Å². The van der Waals surface area contributed by atoms with Crippen molar-refractivity contribution < 1.29 is 9.59 Å². The van der Waals surface area contributed by atoms with E-state index in [1.54, 1.807) is 17.0 Å². The average Bonchev–Trinajstić information content (AvgIpc) is 3.11. The second-order valence-electron chi connectivity index (χ2n) is 9.28. The van der Waals surface area contributed by atoms with Gasteiger partial charge in [0, 0.05) is 25.2 Å². The van der Waals surface area contributed by atoms with E-state index in [0.29, 0.717) is 24.7 Å². The third-order valence-electron chi connectivity index (χ3n) is 7.49. The molecule has 2 amide bonds. The molecular formula is C23H26N6O2. The molecule has 4 fully saturated rings. The van der Waals surface area contributed by atoms with Crippen LogP contribution in [-0.4, -0.2) is 69.8 Å². The predicted molar refractivity (Wildman–Crippen MR) is 112 cm³/mol. The normalized spacial score (nSPS) is 33.0. The molecule has 1 saturated carbocycles. The first-order valence-corrected chi connectivity index (χ1v) is 10.9. The molecule has 0 aromatic heterocycles. The Balaban J connectivity index is 1.23. The van der Waals surface area contributed by atoms with Gasteiger partial charge < -0.3 is 15.5 Å². The number of likely N-dealkylation sites (tertiary alicyclic amines) is 3. The zero-order valence-corrected chi connectivity index (χ0v) is 17.5. The zero-order chi connectivity index (χ0) is 21.9. The highest BCUT2D eigenvalue weighted by Crippen LogP contribution is 2.48. The number of piperidine rings is 1. The number of rotatable bonds is 5. The molecule has 1 aromatic rings. The Morgan fingerprint density at radius 1 is 1.32 bits per heavy atom. The summed E-state index contributed by atoms with van der Waals surface area (Å²) in [5.74, 6) is 0.386. The number of hydrogen-bond acceptors (Lipinski definition) is 5. The van der Waals surface area contributed by atoms with Gasteiger partial charge in [-0.3, -0.25) is 14.5 Å². The van der Waals surface area contributed by atoms with Gasteiger partial charge in [0.15, 0.2) is 5.69 Å². The first kappa shape index (κ1) is 20.0. The van der Waals surface area contributed by atoms with E-state index in [9.17, 15) is 14.9 Å². The van der Waals surface area contributed by atoms with Crippen LogP contribution in [0.4, 0.5) is 5.69 Å². The molecule has 160 valence electrons. The Morgan fingerprint density at radius 3 is 2.71 bits per heavy atom. The van der Waals surface area contributed by atoms with Crippen molar-refractivity contribution in [3.63, 3.8) is 0 Å². The summed E-state index contributed by atoms with van der Waals surface area (Å²) < 4.78 is 0. The van der Waals surface area contributed by atoms with Crippen molar-refractivity contribution >= 4 is 17.5 Å². The number of fused-ring (bicyclic) bond motifs is 3. The highest BCUT2D eigenvalue weighted by Gasteiger charge is 2.56. The maximum Gasteiger partial charge on any atom is 0.242 e. The lowest BCUT2D eigenvalue weighted by molar-refractivity contribution is -0.141. The van der Waals surface area contributed by atoms with Gasteiger partial charge in [-0.1, -0.05) is 24.3 Å². The van der Waals surface area contributed by atoms with E-state index in [1.807, 2.05) is 28.9 Å². The maximum absolute atomic E-state index is 13.1. The van der Waals surface area contributed by atoms with Crippen molar-refractivity contribution in [3.05, 3.63) is 41.2 Å². The molecule has 1 unspecified atom stereocenters. The summed E-state index contributed by atoms with van der Waals surface area (Å²) in [4.78, 5) is 35.2. The van der Waals surface area contributed by atoms with E-state index < -0.39 is 6.04 Å².